The molecule has 1 aromatic heterocycles. The summed E-state index contributed by atoms with van der Waals surface area (Å²) in [6.07, 6.45) is 3.63. The number of amides is 1. The number of aryl methyl sites for hydroxylation is 1. The number of piperidine rings is 1. The van der Waals surface area contributed by atoms with Gasteiger partial charge in [0.05, 0.1) is 12.8 Å². The van der Waals surface area contributed by atoms with Crippen LogP contribution >= 0.6 is 0 Å². The lowest BCUT2D eigenvalue weighted by molar-refractivity contribution is 0.0957. The molecule has 28 heavy (non-hydrogen) atoms. The lowest BCUT2D eigenvalue weighted by Crippen LogP contribution is -2.47. The van der Waals surface area contributed by atoms with Crippen molar-refractivity contribution in [1.29, 1.82) is 0 Å². The van der Waals surface area contributed by atoms with Gasteiger partial charge in [0.2, 0.25) is 0 Å². The molecular weight excluding hydrogens is 348 g/mol. The molecule has 0 radical (unpaired) electrons. The van der Waals surface area contributed by atoms with Crippen LogP contribution in [0.5, 0.6) is 0 Å². The largest absolute Gasteiger partial charge is 0.468 e. The van der Waals surface area contributed by atoms with E-state index in [4.69, 9.17) is 4.42 Å². The minimum atomic E-state index is 0.0777. The number of rotatable bonds is 5. The molecule has 0 bridgehead atoms. The molecule has 2 aromatic carbocycles. The summed E-state index contributed by atoms with van der Waals surface area (Å²) in [5.74, 6) is 1.07. The second-order valence-corrected chi connectivity index (χ2v) is 7.46. The molecule has 1 aliphatic heterocycles. The fourth-order valence-electron chi connectivity index (χ4n) is 3.88. The SMILES string of the molecule is Cc1ccc(N(C(=O)c2ccccc2)C2CCN(Cc3ccco3)CC2)cc1. The minimum Gasteiger partial charge on any atom is -0.468 e. The van der Waals surface area contributed by atoms with Crippen LogP contribution in [0.3, 0.4) is 0 Å². The second-order valence-electron chi connectivity index (χ2n) is 7.46. The number of benzene rings is 2. The number of nitrogens with zero attached hydrogens (tertiary/aromatic N) is 2. The molecule has 0 atom stereocenters. The predicted molar refractivity (Wildman–Crippen MR) is 111 cm³/mol. The van der Waals surface area contributed by atoms with Gasteiger partial charge in [-0.05, 0) is 56.2 Å². The van der Waals surface area contributed by atoms with Crippen LogP contribution in [0.1, 0.15) is 34.5 Å². The molecule has 3 aromatic rings. The summed E-state index contributed by atoms with van der Waals surface area (Å²) in [5, 5.41) is 0. The van der Waals surface area contributed by atoms with E-state index in [1.165, 1.54) is 5.56 Å². The fraction of sp³-hybridized carbons (Fsp3) is 0.292. The summed E-state index contributed by atoms with van der Waals surface area (Å²) in [4.78, 5) is 17.8. The summed E-state index contributed by atoms with van der Waals surface area (Å²) >= 11 is 0. The maximum absolute atomic E-state index is 13.4. The van der Waals surface area contributed by atoms with Crippen LogP contribution in [0, 0.1) is 6.92 Å². The number of carbonyl (C=O) groups is 1. The highest BCUT2D eigenvalue weighted by Crippen LogP contribution is 2.27. The Bertz CT molecular complexity index is 880. The first-order valence-corrected chi connectivity index (χ1v) is 9.91. The molecule has 0 unspecified atom stereocenters. The Hall–Kier alpha value is -2.85. The van der Waals surface area contributed by atoms with Crippen LogP contribution in [-0.4, -0.2) is 29.9 Å². The third-order valence-corrected chi connectivity index (χ3v) is 5.43. The molecule has 0 aliphatic carbocycles. The molecule has 1 aliphatic rings. The Morgan fingerprint density at radius 2 is 1.71 bits per heavy atom. The Kier molecular flexibility index (Phi) is 5.58. The Morgan fingerprint density at radius 1 is 1.00 bits per heavy atom. The number of hydrogen-bond donors (Lipinski definition) is 0. The van der Waals surface area contributed by atoms with E-state index in [0.717, 1.165) is 49.5 Å². The summed E-state index contributed by atoms with van der Waals surface area (Å²) in [7, 11) is 0. The van der Waals surface area contributed by atoms with Gasteiger partial charge in [-0.1, -0.05) is 35.9 Å². The zero-order valence-corrected chi connectivity index (χ0v) is 16.3. The third kappa shape index (κ3) is 4.18. The average Bonchev–Trinajstić information content (AvgIpc) is 3.24. The number of likely N-dealkylation sites (tertiary alicyclic amines) is 1. The van der Waals surface area contributed by atoms with E-state index in [2.05, 4.69) is 36.1 Å². The maximum Gasteiger partial charge on any atom is 0.258 e. The lowest BCUT2D eigenvalue weighted by atomic mass is 10.0. The van der Waals surface area contributed by atoms with Gasteiger partial charge in [-0.25, -0.2) is 0 Å². The van der Waals surface area contributed by atoms with Gasteiger partial charge >= 0.3 is 0 Å². The molecule has 0 N–H and O–H groups in total. The van der Waals surface area contributed by atoms with E-state index in [0.29, 0.717) is 0 Å². The summed E-state index contributed by atoms with van der Waals surface area (Å²) < 4.78 is 5.48. The maximum atomic E-state index is 13.4. The van der Waals surface area contributed by atoms with Crippen LogP contribution in [0.4, 0.5) is 5.69 Å². The van der Waals surface area contributed by atoms with E-state index in [1.807, 2.05) is 47.4 Å². The van der Waals surface area contributed by atoms with E-state index < -0.39 is 0 Å². The fourth-order valence-corrected chi connectivity index (χ4v) is 3.88. The lowest BCUT2D eigenvalue weighted by Gasteiger charge is -2.38. The molecule has 0 spiro atoms. The van der Waals surface area contributed by atoms with Crippen LogP contribution in [0.25, 0.3) is 0 Å². The van der Waals surface area contributed by atoms with Crippen molar-refractivity contribution >= 4 is 11.6 Å². The van der Waals surface area contributed by atoms with E-state index >= 15 is 0 Å². The second kappa shape index (κ2) is 8.44. The molecule has 144 valence electrons. The van der Waals surface area contributed by atoms with Gasteiger partial charge < -0.3 is 9.32 Å². The van der Waals surface area contributed by atoms with Crippen LogP contribution in [-0.2, 0) is 6.54 Å². The van der Waals surface area contributed by atoms with Crippen molar-refractivity contribution in [1.82, 2.24) is 4.90 Å². The molecule has 4 rings (SSSR count). The molecule has 0 saturated carbocycles. The first-order chi connectivity index (χ1) is 13.7. The van der Waals surface area contributed by atoms with Gasteiger partial charge in [0.25, 0.3) is 5.91 Å². The highest BCUT2D eigenvalue weighted by Gasteiger charge is 2.30. The Balaban J connectivity index is 1.52. The van der Waals surface area contributed by atoms with Crippen molar-refractivity contribution in [2.45, 2.75) is 32.4 Å². The summed E-state index contributed by atoms with van der Waals surface area (Å²) in [5.41, 5.74) is 2.91. The molecule has 4 nitrogen and oxygen atoms in total. The average molecular weight is 374 g/mol. The standard InChI is InChI=1S/C24H26N2O2/c1-19-9-11-21(12-10-19)26(24(27)20-6-3-2-4-7-20)22-13-15-25(16-14-22)18-23-8-5-17-28-23/h2-12,17,22H,13-16,18H2,1H3. The van der Waals surface area contributed by atoms with Gasteiger partial charge in [0.15, 0.2) is 0 Å². The minimum absolute atomic E-state index is 0.0777. The molecule has 1 fully saturated rings. The molecule has 2 heterocycles. The van der Waals surface area contributed by atoms with Crippen molar-refractivity contribution in [3.8, 4) is 0 Å². The van der Waals surface area contributed by atoms with Crippen molar-refractivity contribution in [2.75, 3.05) is 18.0 Å². The van der Waals surface area contributed by atoms with Crippen LogP contribution in [0.2, 0.25) is 0 Å². The highest BCUT2D eigenvalue weighted by atomic mass is 16.3. The summed E-state index contributed by atoms with van der Waals surface area (Å²) in [6.45, 7) is 4.81. The number of anilines is 1. The number of carbonyl (C=O) groups excluding carboxylic acids is 1. The van der Waals surface area contributed by atoms with E-state index in [9.17, 15) is 4.79 Å². The van der Waals surface area contributed by atoms with Crippen molar-refractivity contribution in [2.24, 2.45) is 0 Å². The molecular formula is C24H26N2O2. The zero-order valence-electron chi connectivity index (χ0n) is 16.3. The quantitative estimate of drug-likeness (QED) is 0.637. The summed E-state index contributed by atoms with van der Waals surface area (Å²) in [6, 6.07) is 22.0. The molecule has 1 saturated heterocycles. The first-order valence-electron chi connectivity index (χ1n) is 9.91. The van der Waals surface area contributed by atoms with Gasteiger partial charge in [-0.3, -0.25) is 9.69 Å². The van der Waals surface area contributed by atoms with Gasteiger partial charge in [0.1, 0.15) is 5.76 Å². The van der Waals surface area contributed by atoms with Crippen molar-refractivity contribution in [3.63, 3.8) is 0 Å². The topological polar surface area (TPSA) is 36.7 Å². The number of hydrogen-bond acceptors (Lipinski definition) is 3. The van der Waals surface area contributed by atoms with Crippen LogP contribution < -0.4 is 4.90 Å². The normalized spacial score (nSPS) is 15.5. The van der Waals surface area contributed by atoms with Crippen molar-refractivity contribution < 1.29 is 9.21 Å². The smallest absolute Gasteiger partial charge is 0.258 e. The van der Waals surface area contributed by atoms with Crippen molar-refractivity contribution in [3.05, 3.63) is 89.9 Å². The monoisotopic (exact) mass is 374 g/mol. The molecule has 4 heteroatoms. The first kappa shape index (κ1) is 18.5. The number of furan rings is 1. The highest BCUT2D eigenvalue weighted by molar-refractivity contribution is 6.06. The predicted octanol–water partition coefficient (Wildman–Crippen LogP) is 4.90. The Morgan fingerprint density at radius 3 is 2.36 bits per heavy atom. The van der Waals surface area contributed by atoms with Gasteiger partial charge in [-0.2, -0.15) is 0 Å². The van der Waals surface area contributed by atoms with E-state index in [-0.39, 0.29) is 11.9 Å². The van der Waals surface area contributed by atoms with Gasteiger partial charge in [0, 0.05) is 30.4 Å². The third-order valence-electron chi connectivity index (χ3n) is 5.43. The van der Waals surface area contributed by atoms with Crippen LogP contribution in [0.15, 0.2) is 77.4 Å². The zero-order chi connectivity index (χ0) is 19.3. The molecule has 1 amide bonds. The Labute approximate surface area is 166 Å². The van der Waals surface area contributed by atoms with Gasteiger partial charge in [-0.15, -0.1) is 0 Å². The van der Waals surface area contributed by atoms with E-state index in [1.54, 1.807) is 6.26 Å².